The maximum absolute atomic E-state index is 12.5. The van der Waals surface area contributed by atoms with E-state index in [-0.39, 0.29) is 5.91 Å². The SMILES string of the molecule is CN(Cc1ccc(C#N)cc1)C(=O)c1cn(Cc2ccccc2)nn1. The molecule has 124 valence electrons. The molecule has 3 rings (SSSR count). The van der Waals surface area contributed by atoms with Crippen LogP contribution in [0.2, 0.25) is 0 Å². The number of nitrogens with zero attached hydrogens (tertiary/aromatic N) is 5. The molecule has 0 radical (unpaired) electrons. The van der Waals surface area contributed by atoms with Crippen LogP contribution in [0.3, 0.4) is 0 Å². The largest absolute Gasteiger partial charge is 0.336 e. The maximum Gasteiger partial charge on any atom is 0.276 e. The highest BCUT2D eigenvalue weighted by molar-refractivity contribution is 5.91. The van der Waals surface area contributed by atoms with E-state index >= 15 is 0 Å². The van der Waals surface area contributed by atoms with Crippen molar-refractivity contribution in [3.05, 3.63) is 83.2 Å². The lowest BCUT2D eigenvalue weighted by molar-refractivity contribution is 0.0779. The topological polar surface area (TPSA) is 74.8 Å². The third-order valence-electron chi connectivity index (χ3n) is 3.79. The van der Waals surface area contributed by atoms with Crippen molar-refractivity contribution in [3.63, 3.8) is 0 Å². The summed E-state index contributed by atoms with van der Waals surface area (Å²) in [5.74, 6) is -0.191. The Bertz CT molecular complexity index is 894. The van der Waals surface area contributed by atoms with E-state index in [2.05, 4.69) is 16.4 Å². The van der Waals surface area contributed by atoms with Crippen LogP contribution in [-0.4, -0.2) is 32.8 Å². The van der Waals surface area contributed by atoms with Gasteiger partial charge in [0, 0.05) is 13.6 Å². The molecule has 3 aromatic rings. The molecule has 0 bridgehead atoms. The summed E-state index contributed by atoms with van der Waals surface area (Å²) in [6.45, 7) is 1.01. The lowest BCUT2D eigenvalue weighted by Gasteiger charge is -2.15. The Morgan fingerprint density at radius 2 is 1.84 bits per heavy atom. The number of rotatable bonds is 5. The summed E-state index contributed by atoms with van der Waals surface area (Å²) in [4.78, 5) is 14.1. The summed E-state index contributed by atoms with van der Waals surface area (Å²) < 4.78 is 1.65. The molecule has 0 saturated heterocycles. The average Bonchev–Trinajstić information content (AvgIpc) is 3.11. The van der Waals surface area contributed by atoms with Crippen LogP contribution in [-0.2, 0) is 13.1 Å². The molecule has 2 aromatic carbocycles. The maximum atomic E-state index is 12.5. The van der Waals surface area contributed by atoms with Crippen LogP contribution < -0.4 is 0 Å². The zero-order valence-electron chi connectivity index (χ0n) is 13.8. The third-order valence-corrected chi connectivity index (χ3v) is 3.79. The molecule has 0 aliphatic heterocycles. The number of carbonyl (C=O) groups excluding carboxylic acids is 1. The van der Waals surface area contributed by atoms with Gasteiger partial charge in [0.25, 0.3) is 5.91 Å². The first kappa shape index (κ1) is 16.4. The predicted octanol–water partition coefficient (Wildman–Crippen LogP) is 2.47. The average molecular weight is 331 g/mol. The molecule has 0 aliphatic rings. The first-order valence-corrected chi connectivity index (χ1v) is 7.84. The van der Waals surface area contributed by atoms with E-state index in [9.17, 15) is 4.79 Å². The van der Waals surface area contributed by atoms with Gasteiger partial charge < -0.3 is 4.90 Å². The highest BCUT2D eigenvalue weighted by atomic mass is 16.2. The Morgan fingerprint density at radius 1 is 1.12 bits per heavy atom. The van der Waals surface area contributed by atoms with Gasteiger partial charge in [0.15, 0.2) is 5.69 Å². The number of amides is 1. The summed E-state index contributed by atoms with van der Waals surface area (Å²) in [7, 11) is 1.72. The second-order valence-corrected chi connectivity index (χ2v) is 5.76. The Labute approximate surface area is 145 Å². The molecule has 1 heterocycles. The molecular weight excluding hydrogens is 314 g/mol. The molecular formula is C19H17N5O. The molecule has 0 fully saturated rings. The lowest BCUT2D eigenvalue weighted by Crippen LogP contribution is -2.26. The highest BCUT2D eigenvalue weighted by Crippen LogP contribution is 2.09. The monoisotopic (exact) mass is 331 g/mol. The van der Waals surface area contributed by atoms with Crippen LogP contribution in [0.4, 0.5) is 0 Å². The van der Waals surface area contributed by atoms with Gasteiger partial charge in [0.2, 0.25) is 0 Å². The van der Waals surface area contributed by atoms with Gasteiger partial charge in [-0.15, -0.1) is 5.10 Å². The summed E-state index contributed by atoms with van der Waals surface area (Å²) in [5, 5.41) is 16.8. The molecule has 1 aromatic heterocycles. The van der Waals surface area contributed by atoms with Crippen molar-refractivity contribution in [2.45, 2.75) is 13.1 Å². The van der Waals surface area contributed by atoms with Gasteiger partial charge in [-0.25, -0.2) is 4.68 Å². The molecule has 0 aliphatic carbocycles. The number of nitriles is 1. The Hall–Kier alpha value is -3.46. The molecule has 6 nitrogen and oxygen atoms in total. The Morgan fingerprint density at radius 3 is 2.52 bits per heavy atom. The molecule has 0 unspecified atom stereocenters. The van der Waals surface area contributed by atoms with E-state index in [1.54, 1.807) is 35.0 Å². The van der Waals surface area contributed by atoms with E-state index in [4.69, 9.17) is 5.26 Å². The van der Waals surface area contributed by atoms with Gasteiger partial charge in [0.1, 0.15) is 0 Å². The number of aromatic nitrogens is 3. The summed E-state index contributed by atoms with van der Waals surface area (Å²) in [6.07, 6.45) is 1.66. The predicted molar refractivity (Wildman–Crippen MR) is 92.5 cm³/mol. The molecule has 25 heavy (non-hydrogen) atoms. The summed E-state index contributed by atoms with van der Waals surface area (Å²) in [5.41, 5.74) is 2.96. The van der Waals surface area contributed by atoms with Gasteiger partial charge in [-0.3, -0.25) is 4.79 Å². The van der Waals surface area contributed by atoms with Crippen molar-refractivity contribution in [2.24, 2.45) is 0 Å². The van der Waals surface area contributed by atoms with Crippen LogP contribution in [0.15, 0.2) is 60.8 Å². The smallest absolute Gasteiger partial charge is 0.276 e. The first-order valence-electron chi connectivity index (χ1n) is 7.84. The molecule has 6 heteroatoms. The second kappa shape index (κ2) is 7.41. The first-order chi connectivity index (χ1) is 12.2. The zero-order valence-corrected chi connectivity index (χ0v) is 13.8. The highest BCUT2D eigenvalue weighted by Gasteiger charge is 2.16. The van der Waals surface area contributed by atoms with E-state index in [1.165, 1.54) is 0 Å². The fourth-order valence-electron chi connectivity index (χ4n) is 2.47. The van der Waals surface area contributed by atoms with Gasteiger partial charge in [-0.05, 0) is 23.3 Å². The number of carbonyl (C=O) groups is 1. The van der Waals surface area contributed by atoms with E-state index in [0.29, 0.717) is 24.3 Å². The third kappa shape index (κ3) is 4.09. The van der Waals surface area contributed by atoms with Gasteiger partial charge in [0.05, 0.1) is 24.4 Å². The van der Waals surface area contributed by atoms with Crippen molar-refractivity contribution in [1.82, 2.24) is 19.9 Å². The van der Waals surface area contributed by atoms with E-state index in [0.717, 1.165) is 11.1 Å². The number of hydrogen-bond donors (Lipinski definition) is 0. The molecule has 0 saturated carbocycles. The van der Waals surface area contributed by atoms with Gasteiger partial charge in [-0.1, -0.05) is 47.7 Å². The molecule has 0 atom stereocenters. The minimum atomic E-state index is -0.191. The van der Waals surface area contributed by atoms with Gasteiger partial charge >= 0.3 is 0 Å². The van der Waals surface area contributed by atoms with Crippen molar-refractivity contribution in [3.8, 4) is 6.07 Å². The van der Waals surface area contributed by atoms with E-state index < -0.39 is 0 Å². The van der Waals surface area contributed by atoms with Crippen LogP contribution in [0.25, 0.3) is 0 Å². The fraction of sp³-hybridized carbons (Fsp3) is 0.158. The molecule has 0 N–H and O–H groups in total. The summed E-state index contributed by atoms with van der Waals surface area (Å²) >= 11 is 0. The van der Waals surface area contributed by atoms with Crippen LogP contribution in [0, 0.1) is 11.3 Å². The quantitative estimate of drug-likeness (QED) is 0.720. The van der Waals surface area contributed by atoms with Gasteiger partial charge in [-0.2, -0.15) is 5.26 Å². The van der Waals surface area contributed by atoms with Crippen LogP contribution in [0.5, 0.6) is 0 Å². The second-order valence-electron chi connectivity index (χ2n) is 5.76. The molecule has 0 spiro atoms. The number of benzene rings is 2. The lowest BCUT2D eigenvalue weighted by atomic mass is 10.1. The minimum Gasteiger partial charge on any atom is -0.336 e. The standard InChI is InChI=1S/C19H17N5O/c1-23(12-17-9-7-15(11-20)8-10-17)19(25)18-14-24(22-21-18)13-16-5-3-2-4-6-16/h2-10,14H,12-13H2,1H3. The van der Waals surface area contributed by atoms with E-state index in [1.807, 2.05) is 42.5 Å². The molecule has 1 amide bonds. The zero-order chi connectivity index (χ0) is 17.6. The Kier molecular flexibility index (Phi) is 4.86. The van der Waals surface area contributed by atoms with Crippen molar-refractivity contribution in [1.29, 1.82) is 5.26 Å². The Balaban J connectivity index is 1.65. The van der Waals surface area contributed by atoms with Crippen LogP contribution >= 0.6 is 0 Å². The minimum absolute atomic E-state index is 0.191. The van der Waals surface area contributed by atoms with Crippen LogP contribution in [0.1, 0.15) is 27.2 Å². The van der Waals surface area contributed by atoms with Crippen molar-refractivity contribution in [2.75, 3.05) is 7.05 Å². The van der Waals surface area contributed by atoms with Crippen molar-refractivity contribution < 1.29 is 4.79 Å². The van der Waals surface area contributed by atoms with Crippen molar-refractivity contribution >= 4 is 5.91 Å². The fourth-order valence-corrected chi connectivity index (χ4v) is 2.47. The normalized spacial score (nSPS) is 10.2. The summed E-state index contributed by atoms with van der Waals surface area (Å²) in [6, 6.07) is 19.1. The number of hydrogen-bond acceptors (Lipinski definition) is 4.